The van der Waals surface area contributed by atoms with E-state index >= 15 is 0 Å². The predicted molar refractivity (Wildman–Crippen MR) is 57.4 cm³/mol. The molecule has 8 heteroatoms. The minimum atomic E-state index is -2.21. The van der Waals surface area contributed by atoms with Crippen molar-refractivity contribution in [1.29, 1.82) is 0 Å². The molecule has 1 aromatic rings. The van der Waals surface area contributed by atoms with E-state index in [1.165, 1.54) is 0 Å². The van der Waals surface area contributed by atoms with Crippen LogP contribution in [0.15, 0.2) is 0 Å². The van der Waals surface area contributed by atoms with E-state index in [1.54, 1.807) is 0 Å². The maximum atomic E-state index is 13.4. The molecule has 0 amide bonds. The molecule has 3 nitrogen and oxygen atoms in total. The van der Waals surface area contributed by atoms with E-state index < -0.39 is 53.7 Å². The van der Waals surface area contributed by atoms with E-state index in [4.69, 9.17) is 11.2 Å². The Morgan fingerprint density at radius 1 is 1.10 bits per heavy atom. The zero-order chi connectivity index (χ0) is 15.3. The first-order valence-electron chi connectivity index (χ1n) is 5.26. The van der Waals surface area contributed by atoms with Gasteiger partial charge in [-0.2, -0.15) is 4.39 Å². The van der Waals surface area contributed by atoms with Crippen LogP contribution in [-0.4, -0.2) is 24.4 Å². The van der Waals surface area contributed by atoms with Gasteiger partial charge in [0.15, 0.2) is 11.6 Å². The molecule has 20 heavy (non-hydrogen) atoms. The van der Waals surface area contributed by atoms with Crippen LogP contribution < -0.4 is 4.94 Å². The molecule has 0 heterocycles. The van der Waals surface area contributed by atoms with E-state index in [9.17, 15) is 27.2 Å². The molecule has 0 fully saturated rings. The fraction of sp³-hybridized carbons (Fsp3) is 0.333. The van der Waals surface area contributed by atoms with Gasteiger partial charge < -0.3 is 9.84 Å². The Hall–Kier alpha value is -1.85. The molecule has 0 aromatic heterocycles. The monoisotopic (exact) mass is 296 g/mol. The summed E-state index contributed by atoms with van der Waals surface area (Å²) in [6.07, 6.45) is 2.66. The largest absolute Gasteiger partial charge is 0.390 e. The summed E-state index contributed by atoms with van der Waals surface area (Å²) in [5.74, 6) is -7.60. The normalized spacial score (nSPS) is 12.1. The van der Waals surface area contributed by atoms with E-state index in [-0.39, 0.29) is 6.61 Å². The highest BCUT2D eigenvalue weighted by Gasteiger charge is 2.28. The molecule has 1 atom stereocenters. The lowest BCUT2D eigenvalue weighted by Gasteiger charge is -2.13. The lowest BCUT2D eigenvalue weighted by molar-refractivity contribution is -0.0149. The molecule has 1 rings (SSSR count). The van der Waals surface area contributed by atoms with Gasteiger partial charge in [0.1, 0.15) is 6.61 Å². The third-order valence-corrected chi connectivity index (χ3v) is 2.33. The Morgan fingerprint density at radius 3 is 2.25 bits per heavy atom. The first-order valence-corrected chi connectivity index (χ1v) is 5.26. The molecular formula is C12H9F5O3. The van der Waals surface area contributed by atoms with Gasteiger partial charge in [0.05, 0.1) is 12.7 Å². The van der Waals surface area contributed by atoms with E-state index in [0.717, 1.165) is 0 Å². The summed E-state index contributed by atoms with van der Waals surface area (Å²) < 4.78 is 69.3. The van der Waals surface area contributed by atoms with Crippen molar-refractivity contribution in [2.24, 2.45) is 0 Å². The van der Waals surface area contributed by atoms with Crippen molar-refractivity contribution >= 4 is 0 Å². The Balaban J connectivity index is 3.03. The first-order chi connectivity index (χ1) is 9.43. The van der Waals surface area contributed by atoms with Gasteiger partial charge in [-0.1, -0.05) is 5.92 Å². The molecule has 0 aliphatic heterocycles. The summed E-state index contributed by atoms with van der Waals surface area (Å²) >= 11 is 0. The van der Waals surface area contributed by atoms with Gasteiger partial charge in [0.25, 0.3) is 0 Å². The summed E-state index contributed by atoms with van der Waals surface area (Å²) in [6, 6.07) is 0. The molecular weight excluding hydrogens is 287 g/mol. The van der Waals surface area contributed by atoms with Crippen LogP contribution in [0.4, 0.5) is 22.1 Å². The third kappa shape index (κ3) is 3.37. The third-order valence-electron chi connectivity index (χ3n) is 2.33. The molecule has 0 aliphatic carbocycles. The number of benzene rings is 1. The fourth-order valence-corrected chi connectivity index (χ4v) is 1.47. The SMILES string of the molecule is C#CCOCC(O)Cc1c(F)c(F)c(F)c(F)c1OF. The van der Waals surface area contributed by atoms with Crippen LogP contribution in [0.3, 0.4) is 0 Å². The number of hydrogen-bond donors (Lipinski definition) is 1. The van der Waals surface area contributed by atoms with Crippen molar-refractivity contribution < 1.29 is 36.9 Å². The summed E-state index contributed by atoms with van der Waals surface area (Å²) in [6.45, 7) is -0.547. The van der Waals surface area contributed by atoms with E-state index in [0.29, 0.717) is 0 Å². The molecule has 1 unspecified atom stereocenters. The number of rotatable bonds is 6. The van der Waals surface area contributed by atoms with E-state index in [1.807, 2.05) is 0 Å². The quantitative estimate of drug-likeness (QED) is 0.287. The molecule has 0 saturated carbocycles. The molecule has 1 aromatic carbocycles. The second kappa shape index (κ2) is 7.07. The van der Waals surface area contributed by atoms with Gasteiger partial charge in [0, 0.05) is 16.5 Å². The summed E-state index contributed by atoms with van der Waals surface area (Å²) in [7, 11) is 0. The zero-order valence-corrected chi connectivity index (χ0v) is 9.93. The highest BCUT2D eigenvalue weighted by Crippen LogP contribution is 2.31. The second-order valence-corrected chi connectivity index (χ2v) is 3.72. The molecule has 0 saturated heterocycles. The molecule has 0 bridgehead atoms. The standard InChI is InChI=1S/C12H9F5O3/c1-2-3-19-5-6(18)4-7-8(13)9(14)10(15)11(16)12(7)20-17/h1,6,18H,3-5H2. The average molecular weight is 296 g/mol. The molecule has 0 aliphatic rings. The lowest BCUT2D eigenvalue weighted by atomic mass is 10.1. The van der Waals surface area contributed by atoms with Crippen molar-refractivity contribution in [3.05, 3.63) is 28.8 Å². The predicted octanol–water partition coefficient (Wildman–Crippen LogP) is 2.06. The number of aliphatic hydroxyl groups excluding tert-OH is 1. The topological polar surface area (TPSA) is 38.7 Å². The van der Waals surface area contributed by atoms with Crippen LogP contribution in [0.25, 0.3) is 0 Å². The van der Waals surface area contributed by atoms with Crippen LogP contribution >= 0.6 is 0 Å². The van der Waals surface area contributed by atoms with E-state index in [2.05, 4.69) is 10.9 Å². The van der Waals surface area contributed by atoms with Gasteiger partial charge in [0.2, 0.25) is 17.4 Å². The Bertz CT molecular complexity index is 527. The van der Waals surface area contributed by atoms with Crippen molar-refractivity contribution in [2.45, 2.75) is 12.5 Å². The van der Waals surface area contributed by atoms with Crippen molar-refractivity contribution in [3.63, 3.8) is 0 Å². The molecule has 110 valence electrons. The highest BCUT2D eigenvalue weighted by molar-refractivity contribution is 5.38. The van der Waals surface area contributed by atoms with Crippen LogP contribution in [0.1, 0.15) is 5.56 Å². The summed E-state index contributed by atoms with van der Waals surface area (Å²) in [5.41, 5.74) is -0.985. The number of hydrogen-bond acceptors (Lipinski definition) is 3. The Morgan fingerprint density at radius 2 is 1.70 bits per heavy atom. The van der Waals surface area contributed by atoms with Gasteiger partial charge in [-0.3, -0.25) is 4.94 Å². The average Bonchev–Trinajstić information content (AvgIpc) is 2.43. The van der Waals surface area contributed by atoms with Gasteiger partial charge in [-0.15, -0.1) is 6.42 Å². The number of aliphatic hydroxyl groups is 1. The van der Waals surface area contributed by atoms with Crippen molar-refractivity contribution in [2.75, 3.05) is 13.2 Å². The molecule has 0 spiro atoms. The van der Waals surface area contributed by atoms with Gasteiger partial charge >= 0.3 is 0 Å². The Labute approximate surface area is 110 Å². The first kappa shape index (κ1) is 16.2. The van der Waals surface area contributed by atoms with Crippen molar-refractivity contribution in [3.8, 4) is 18.1 Å². The fourth-order valence-electron chi connectivity index (χ4n) is 1.47. The molecule has 1 N–H and O–H groups in total. The number of ether oxygens (including phenoxy) is 1. The van der Waals surface area contributed by atoms with Crippen LogP contribution in [0.5, 0.6) is 5.75 Å². The summed E-state index contributed by atoms with van der Waals surface area (Å²) in [4.78, 5) is 3.01. The minimum Gasteiger partial charge on any atom is -0.390 e. The van der Waals surface area contributed by atoms with Gasteiger partial charge in [-0.05, 0) is 0 Å². The van der Waals surface area contributed by atoms with Crippen molar-refractivity contribution in [1.82, 2.24) is 0 Å². The summed E-state index contributed by atoms with van der Waals surface area (Å²) in [5, 5.41) is 9.45. The van der Waals surface area contributed by atoms with Gasteiger partial charge in [-0.25, -0.2) is 13.2 Å². The maximum absolute atomic E-state index is 13.4. The highest BCUT2D eigenvalue weighted by atomic mass is 19.3. The van der Waals surface area contributed by atoms with Crippen LogP contribution in [0, 0.1) is 35.6 Å². The lowest BCUT2D eigenvalue weighted by Crippen LogP contribution is -2.20. The second-order valence-electron chi connectivity index (χ2n) is 3.72. The maximum Gasteiger partial charge on any atom is 0.216 e. The van der Waals surface area contributed by atoms with Crippen LogP contribution in [-0.2, 0) is 11.2 Å². The number of halogens is 5. The molecule has 0 radical (unpaired) electrons. The number of terminal acetylenes is 1. The smallest absolute Gasteiger partial charge is 0.216 e. The minimum absolute atomic E-state index is 0.155. The zero-order valence-electron chi connectivity index (χ0n) is 9.93. The van der Waals surface area contributed by atoms with Crippen LogP contribution in [0.2, 0.25) is 0 Å². The Kier molecular flexibility index (Phi) is 5.73.